The van der Waals surface area contributed by atoms with E-state index in [4.69, 9.17) is 0 Å². The summed E-state index contributed by atoms with van der Waals surface area (Å²) < 4.78 is 0.989. The number of nitrogens with zero attached hydrogens (tertiary/aromatic N) is 2. The number of thiazole rings is 1. The van der Waals surface area contributed by atoms with E-state index in [9.17, 15) is 4.79 Å². The smallest absolute Gasteiger partial charge is 0.146 e. The van der Waals surface area contributed by atoms with E-state index >= 15 is 0 Å². The number of carbonyl (C=O) groups is 1. The summed E-state index contributed by atoms with van der Waals surface area (Å²) in [4.78, 5) is 18.3. The average Bonchev–Trinajstić information content (AvgIpc) is 2.82. The van der Waals surface area contributed by atoms with Crippen molar-refractivity contribution in [3.05, 3.63) is 16.1 Å². The zero-order valence-corrected chi connectivity index (χ0v) is 15.6. The molecule has 0 aliphatic rings. The minimum Gasteiger partial charge on any atom is -0.298 e. The molecule has 0 fully saturated rings. The van der Waals surface area contributed by atoms with Gasteiger partial charge in [0.25, 0.3) is 0 Å². The van der Waals surface area contributed by atoms with Gasteiger partial charge < -0.3 is 0 Å². The van der Waals surface area contributed by atoms with Gasteiger partial charge in [-0.05, 0) is 20.4 Å². The van der Waals surface area contributed by atoms with Crippen LogP contribution in [-0.4, -0.2) is 39.9 Å². The van der Waals surface area contributed by atoms with Crippen molar-refractivity contribution in [1.29, 1.82) is 0 Å². The standard InChI is InChI=1S/C14H24IN3OS/c1-10(2)14-17-12(8-20-14)7-18(4)9-16-13(5-6-15)11(3)19/h8,10,13,16H,5-7,9H2,1-4H3/t13-/m0/s1. The Bertz CT molecular complexity index is 422. The molecule has 1 aromatic heterocycles. The Labute approximate surface area is 139 Å². The number of carbonyl (C=O) groups excluding carboxylic acids is 1. The zero-order chi connectivity index (χ0) is 15.1. The summed E-state index contributed by atoms with van der Waals surface area (Å²) in [5, 5.41) is 6.63. The lowest BCUT2D eigenvalue weighted by molar-refractivity contribution is -0.119. The summed E-state index contributed by atoms with van der Waals surface area (Å²) in [6, 6.07) is -0.0315. The van der Waals surface area contributed by atoms with Crippen molar-refractivity contribution in [2.75, 3.05) is 18.1 Å². The van der Waals surface area contributed by atoms with Gasteiger partial charge in [-0.3, -0.25) is 15.0 Å². The van der Waals surface area contributed by atoms with E-state index < -0.39 is 0 Å². The van der Waals surface area contributed by atoms with Crippen LogP contribution in [0.15, 0.2) is 5.38 Å². The lowest BCUT2D eigenvalue weighted by Gasteiger charge is -2.20. The first-order valence-corrected chi connectivity index (χ1v) is 9.27. The van der Waals surface area contributed by atoms with E-state index in [1.165, 1.54) is 5.01 Å². The van der Waals surface area contributed by atoms with Crippen LogP contribution in [0.4, 0.5) is 0 Å². The molecule has 0 saturated heterocycles. The third-order valence-electron chi connectivity index (χ3n) is 2.99. The van der Waals surface area contributed by atoms with Gasteiger partial charge in [-0.15, -0.1) is 11.3 Å². The molecule has 0 spiro atoms. The van der Waals surface area contributed by atoms with E-state index in [2.05, 4.69) is 57.0 Å². The molecule has 20 heavy (non-hydrogen) atoms. The Morgan fingerprint density at radius 3 is 2.75 bits per heavy atom. The number of hydrogen-bond donors (Lipinski definition) is 1. The molecule has 114 valence electrons. The number of nitrogens with one attached hydrogen (secondary N) is 1. The quantitative estimate of drug-likeness (QED) is 0.387. The van der Waals surface area contributed by atoms with Gasteiger partial charge in [0.2, 0.25) is 0 Å². The maximum atomic E-state index is 11.5. The highest BCUT2D eigenvalue weighted by Crippen LogP contribution is 2.19. The number of halogens is 1. The van der Waals surface area contributed by atoms with Gasteiger partial charge in [0, 0.05) is 28.9 Å². The van der Waals surface area contributed by atoms with Gasteiger partial charge >= 0.3 is 0 Å². The van der Waals surface area contributed by atoms with Crippen LogP contribution in [0.3, 0.4) is 0 Å². The number of ketones is 1. The number of Topliss-reactive ketones (excluding diaryl/α,β-unsaturated/α-hetero) is 1. The first-order chi connectivity index (χ1) is 9.43. The zero-order valence-electron chi connectivity index (χ0n) is 12.6. The van der Waals surface area contributed by atoms with E-state index in [0.29, 0.717) is 12.6 Å². The second kappa shape index (κ2) is 9.07. The lowest BCUT2D eigenvalue weighted by Crippen LogP contribution is -2.41. The maximum absolute atomic E-state index is 11.5. The number of alkyl halides is 1. The first-order valence-electron chi connectivity index (χ1n) is 6.86. The molecule has 0 aliphatic carbocycles. The van der Waals surface area contributed by atoms with Crippen molar-refractivity contribution < 1.29 is 4.79 Å². The highest BCUT2D eigenvalue weighted by atomic mass is 127. The minimum atomic E-state index is -0.0315. The highest BCUT2D eigenvalue weighted by Gasteiger charge is 2.14. The summed E-state index contributed by atoms with van der Waals surface area (Å²) in [6.07, 6.45) is 0.887. The Hall–Kier alpha value is -0.0500. The van der Waals surface area contributed by atoms with E-state index in [-0.39, 0.29) is 11.8 Å². The molecule has 0 bridgehead atoms. The molecule has 0 radical (unpaired) electrons. The van der Waals surface area contributed by atoms with Gasteiger partial charge in [-0.2, -0.15) is 0 Å². The minimum absolute atomic E-state index is 0.0315. The normalized spacial score (nSPS) is 13.2. The van der Waals surface area contributed by atoms with Crippen molar-refractivity contribution in [2.45, 2.75) is 45.7 Å². The third kappa shape index (κ3) is 6.15. The fourth-order valence-corrected chi connectivity index (χ4v) is 3.27. The topological polar surface area (TPSA) is 45.2 Å². The molecule has 1 aromatic rings. The van der Waals surface area contributed by atoms with Crippen molar-refractivity contribution in [3.8, 4) is 0 Å². The Morgan fingerprint density at radius 2 is 2.25 bits per heavy atom. The van der Waals surface area contributed by atoms with Crippen LogP contribution in [0.2, 0.25) is 0 Å². The molecule has 6 heteroatoms. The Morgan fingerprint density at radius 1 is 1.55 bits per heavy atom. The summed E-state index contributed by atoms with van der Waals surface area (Å²) in [7, 11) is 2.04. The third-order valence-corrected chi connectivity index (χ3v) is 4.81. The molecule has 1 rings (SSSR count). The largest absolute Gasteiger partial charge is 0.298 e. The molecule has 0 amide bonds. The summed E-state index contributed by atoms with van der Waals surface area (Å²) in [6.45, 7) is 7.49. The second-order valence-electron chi connectivity index (χ2n) is 5.35. The Kier molecular flexibility index (Phi) is 8.16. The molecule has 0 saturated carbocycles. The maximum Gasteiger partial charge on any atom is 0.146 e. The molecule has 1 N–H and O–H groups in total. The summed E-state index contributed by atoms with van der Waals surface area (Å²) >= 11 is 4.03. The molecule has 1 atom stereocenters. The van der Waals surface area contributed by atoms with Crippen LogP contribution >= 0.6 is 33.9 Å². The molecule has 1 heterocycles. The predicted molar refractivity (Wildman–Crippen MR) is 93.6 cm³/mol. The number of aromatic nitrogens is 1. The van der Waals surface area contributed by atoms with Crippen LogP contribution in [-0.2, 0) is 11.3 Å². The molecule has 4 nitrogen and oxygen atoms in total. The van der Waals surface area contributed by atoms with Crippen LogP contribution < -0.4 is 5.32 Å². The summed E-state index contributed by atoms with van der Waals surface area (Å²) in [5.41, 5.74) is 1.11. The van der Waals surface area contributed by atoms with E-state index in [1.54, 1.807) is 18.3 Å². The number of hydrogen-bond acceptors (Lipinski definition) is 5. The summed E-state index contributed by atoms with van der Waals surface area (Å²) in [5.74, 6) is 0.703. The van der Waals surface area contributed by atoms with E-state index in [1.807, 2.05) is 7.05 Å². The monoisotopic (exact) mass is 409 g/mol. The van der Waals surface area contributed by atoms with Gasteiger partial charge in [-0.25, -0.2) is 4.98 Å². The fraction of sp³-hybridized carbons (Fsp3) is 0.714. The van der Waals surface area contributed by atoms with Crippen LogP contribution in [0.25, 0.3) is 0 Å². The van der Waals surface area contributed by atoms with Crippen LogP contribution in [0, 0.1) is 0 Å². The molecular formula is C14H24IN3OS. The first kappa shape index (κ1) is 18.0. The molecule has 0 unspecified atom stereocenters. The number of rotatable bonds is 9. The molecule has 0 aliphatic heterocycles. The predicted octanol–water partition coefficient (Wildman–Crippen LogP) is 3.03. The fourth-order valence-electron chi connectivity index (χ4n) is 1.82. The lowest BCUT2D eigenvalue weighted by atomic mass is 10.1. The second-order valence-corrected chi connectivity index (χ2v) is 7.32. The van der Waals surface area contributed by atoms with Gasteiger partial charge in [0.05, 0.1) is 16.7 Å². The van der Waals surface area contributed by atoms with Crippen molar-refractivity contribution >= 4 is 39.7 Å². The van der Waals surface area contributed by atoms with Gasteiger partial charge in [-0.1, -0.05) is 36.4 Å². The van der Waals surface area contributed by atoms with Gasteiger partial charge in [0.15, 0.2) is 0 Å². The van der Waals surface area contributed by atoms with Gasteiger partial charge in [0.1, 0.15) is 5.78 Å². The van der Waals surface area contributed by atoms with Crippen molar-refractivity contribution in [3.63, 3.8) is 0 Å². The van der Waals surface area contributed by atoms with E-state index in [0.717, 1.165) is 23.1 Å². The average molecular weight is 409 g/mol. The molecule has 0 aromatic carbocycles. The van der Waals surface area contributed by atoms with Crippen molar-refractivity contribution in [1.82, 2.24) is 15.2 Å². The Balaban J connectivity index is 2.42. The SMILES string of the molecule is CC(=O)[C@H](CCI)NCN(C)Cc1csc(C(C)C)n1. The molecular weight excluding hydrogens is 385 g/mol. The van der Waals surface area contributed by atoms with Crippen LogP contribution in [0.1, 0.15) is 43.8 Å². The highest BCUT2D eigenvalue weighted by molar-refractivity contribution is 14.1. The van der Waals surface area contributed by atoms with Crippen LogP contribution in [0.5, 0.6) is 0 Å². The van der Waals surface area contributed by atoms with Crippen molar-refractivity contribution in [2.24, 2.45) is 0 Å².